The average molecular weight is 432 g/mol. The van der Waals surface area contributed by atoms with Gasteiger partial charge < -0.3 is 10.1 Å². The number of nitrogens with one attached hydrogen (secondary N) is 1. The van der Waals surface area contributed by atoms with Crippen molar-refractivity contribution in [1.82, 2.24) is 9.88 Å². The van der Waals surface area contributed by atoms with Gasteiger partial charge in [0.2, 0.25) is 5.91 Å². The highest BCUT2D eigenvalue weighted by Crippen LogP contribution is 2.31. The summed E-state index contributed by atoms with van der Waals surface area (Å²) in [5.74, 6) is -2.59. The number of thiazole rings is 1. The number of nitrogens with zero attached hydrogens (tertiary/aromatic N) is 3. The summed E-state index contributed by atoms with van der Waals surface area (Å²) >= 11 is 0.950. The Kier molecular flexibility index (Phi) is 5.87. The molecule has 0 saturated carbocycles. The van der Waals surface area contributed by atoms with Gasteiger partial charge >= 0.3 is 5.97 Å². The fraction of sp³-hybridized carbons (Fsp3) is 0.278. The number of anilines is 1. The maximum absolute atomic E-state index is 12.5. The number of benzene rings is 1. The van der Waals surface area contributed by atoms with Gasteiger partial charge in [0.05, 0.1) is 22.8 Å². The van der Waals surface area contributed by atoms with E-state index in [1.54, 1.807) is 13.8 Å². The van der Waals surface area contributed by atoms with Crippen molar-refractivity contribution in [1.29, 1.82) is 0 Å². The van der Waals surface area contributed by atoms with Crippen LogP contribution in [-0.2, 0) is 9.53 Å². The molecule has 0 atom stereocenters. The Balaban J connectivity index is 1.66. The predicted molar refractivity (Wildman–Crippen MR) is 105 cm³/mol. The zero-order valence-corrected chi connectivity index (χ0v) is 16.8. The third-order valence-corrected chi connectivity index (χ3v) is 5.29. The fourth-order valence-corrected chi connectivity index (χ4v) is 3.78. The number of esters is 1. The second kappa shape index (κ2) is 8.37. The van der Waals surface area contributed by atoms with Crippen molar-refractivity contribution in [2.75, 3.05) is 18.5 Å². The molecule has 0 saturated heterocycles. The molecular weight excluding hydrogens is 416 g/mol. The zero-order chi connectivity index (χ0) is 22.0. The van der Waals surface area contributed by atoms with Gasteiger partial charge in [0, 0.05) is 19.0 Å². The minimum atomic E-state index is -0.815. The van der Waals surface area contributed by atoms with E-state index in [2.05, 4.69) is 10.3 Å². The van der Waals surface area contributed by atoms with Crippen molar-refractivity contribution in [2.24, 2.45) is 0 Å². The molecule has 1 N–H and O–H groups in total. The molecule has 11 nitrogen and oxygen atoms in total. The minimum absolute atomic E-state index is 0.0655. The molecule has 12 heteroatoms. The molecule has 0 fully saturated rings. The summed E-state index contributed by atoms with van der Waals surface area (Å²) in [4.78, 5) is 64.5. The van der Waals surface area contributed by atoms with Gasteiger partial charge in [-0.3, -0.25) is 29.4 Å². The number of fused-ring (bicyclic) bond motifs is 1. The van der Waals surface area contributed by atoms with E-state index >= 15 is 0 Å². The molecule has 3 rings (SSSR count). The van der Waals surface area contributed by atoms with Crippen LogP contribution in [0.5, 0.6) is 0 Å². The van der Waals surface area contributed by atoms with E-state index in [0.717, 1.165) is 22.3 Å². The lowest BCUT2D eigenvalue weighted by Crippen LogP contribution is -2.33. The standard InChI is InChI=1S/C18H16N4O7S/c1-3-29-17(26)14-9(2)19-18(30-14)20-12(23)7-8-21-15(24)10-5-4-6-11(22(27)28)13(10)16(21)25/h4-6H,3,7-8H2,1-2H3,(H,19,20,23). The zero-order valence-electron chi connectivity index (χ0n) is 16.0. The number of nitro groups is 1. The number of aryl methyl sites for hydroxylation is 1. The smallest absolute Gasteiger partial charge is 0.350 e. The second-order valence-corrected chi connectivity index (χ2v) is 7.17. The Bertz CT molecular complexity index is 1080. The van der Waals surface area contributed by atoms with Crippen LogP contribution in [0.3, 0.4) is 0 Å². The number of nitro benzene ring substituents is 1. The first-order chi connectivity index (χ1) is 14.2. The summed E-state index contributed by atoms with van der Waals surface area (Å²) in [5, 5.41) is 13.8. The molecule has 0 aliphatic carbocycles. The molecule has 1 aliphatic heterocycles. The Labute approximate surface area is 173 Å². The lowest BCUT2D eigenvalue weighted by atomic mass is 10.1. The van der Waals surface area contributed by atoms with Gasteiger partial charge in [-0.25, -0.2) is 9.78 Å². The molecule has 1 aromatic carbocycles. The number of ether oxygens (including phenoxy) is 1. The van der Waals surface area contributed by atoms with Gasteiger partial charge in [0.15, 0.2) is 5.13 Å². The van der Waals surface area contributed by atoms with Crippen LogP contribution in [0.15, 0.2) is 18.2 Å². The first-order valence-corrected chi connectivity index (χ1v) is 9.64. The number of amides is 3. The SMILES string of the molecule is CCOC(=O)c1sc(NC(=O)CCN2C(=O)c3cccc([N+](=O)[O-])c3C2=O)nc1C. The highest BCUT2D eigenvalue weighted by molar-refractivity contribution is 7.17. The van der Waals surface area contributed by atoms with Crippen molar-refractivity contribution >= 4 is 45.8 Å². The van der Waals surface area contributed by atoms with Crippen LogP contribution in [0.2, 0.25) is 0 Å². The number of rotatable bonds is 7. The Morgan fingerprint density at radius 1 is 1.30 bits per heavy atom. The molecule has 1 aromatic heterocycles. The van der Waals surface area contributed by atoms with E-state index in [0.29, 0.717) is 5.69 Å². The van der Waals surface area contributed by atoms with Crippen molar-refractivity contribution in [3.63, 3.8) is 0 Å². The summed E-state index contributed by atoms with van der Waals surface area (Å²) in [5.41, 5.74) is -0.393. The Morgan fingerprint density at radius 3 is 2.70 bits per heavy atom. The van der Waals surface area contributed by atoms with Crippen LogP contribution in [0.1, 0.15) is 49.4 Å². The van der Waals surface area contributed by atoms with Crippen LogP contribution < -0.4 is 5.32 Å². The van der Waals surface area contributed by atoms with Gasteiger partial charge in [-0.1, -0.05) is 17.4 Å². The highest BCUT2D eigenvalue weighted by atomic mass is 32.1. The Hall–Kier alpha value is -3.67. The van der Waals surface area contributed by atoms with Gasteiger partial charge in [-0.15, -0.1) is 0 Å². The summed E-state index contributed by atoms with van der Waals surface area (Å²) in [7, 11) is 0. The van der Waals surface area contributed by atoms with Gasteiger partial charge in [-0.2, -0.15) is 0 Å². The van der Waals surface area contributed by atoms with Crippen molar-refractivity contribution in [3.05, 3.63) is 50.0 Å². The fourth-order valence-electron chi connectivity index (χ4n) is 2.90. The number of carbonyl (C=O) groups excluding carboxylic acids is 4. The average Bonchev–Trinajstić information content (AvgIpc) is 3.17. The molecule has 0 radical (unpaired) electrons. The molecule has 3 amide bonds. The highest BCUT2D eigenvalue weighted by Gasteiger charge is 2.40. The summed E-state index contributed by atoms with van der Waals surface area (Å²) < 4.78 is 4.91. The topological polar surface area (TPSA) is 149 Å². The molecule has 2 heterocycles. The number of imide groups is 1. The molecule has 0 unspecified atom stereocenters. The van der Waals surface area contributed by atoms with E-state index in [4.69, 9.17) is 4.74 Å². The molecule has 0 bridgehead atoms. The van der Waals surface area contributed by atoms with E-state index in [-0.39, 0.29) is 40.7 Å². The first kappa shape index (κ1) is 21.0. The monoisotopic (exact) mass is 432 g/mol. The molecule has 0 spiro atoms. The maximum Gasteiger partial charge on any atom is 0.350 e. The molecular formula is C18H16N4O7S. The maximum atomic E-state index is 12.5. The molecule has 156 valence electrons. The van der Waals surface area contributed by atoms with Gasteiger partial charge in [0.25, 0.3) is 17.5 Å². The summed E-state index contributed by atoms with van der Waals surface area (Å²) in [6.07, 6.45) is -0.243. The Morgan fingerprint density at radius 2 is 2.03 bits per heavy atom. The number of hydrogen-bond acceptors (Lipinski definition) is 9. The van der Waals surface area contributed by atoms with Crippen molar-refractivity contribution < 1.29 is 28.8 Å². The quantitative estimate of drug-likeness (QED) is 0.303. The third-order valence-electron chi connectivity index (χ3n) is 4.24. The number of hydrogen-bond donors (Lipinski definition) is 1. The van der Waals surface area contributed by atoms with Gasteiger partial charge in [-0.05, 0) is 19.9 Å². The molecule has 2 aromatic rings. The lowest BCUT2D eigenvalue weighted by Gasteiger charge is -2.12. The number of aromatic nitrogens is 1. The van der Waals surface area contributed by atoms with E-state index in [1.807, 2.05) is 0 Å². The van der Waals surface area contributed by atoms with Crippen molar-refractivity contribution in [2.45, 2.75) is 20.3 Å². The van der Waals surface area contributed by atoms with E-state index in [9.17, 15) is 29.3 Å². The third kappa shape index (κ3) is 3.89. The lowest BCUT2D eigenvalue weighted by molar-refractivity contribution is -0.385. The number of carbonyl (C=O) groups is 4. The van der Waals surface area contributed by atoms with Crippen LogP contribution >= 0.6 is 11.3 Å². The first-order valence-electron chi connectivity index (χ1n) is 8.82. The predicted octanol–water partition coefficient (Wildman–Crippen LogP) is 2.16. The van der Waals surface area contributed by atoms with E-state index < -0.39 is 34.3 Å². The minimum Gasteiger partial charge on any atom is -0.462 e. The van der Waals surface area contributed by atoms with Crippen LogP contribution in [0.4, 0.5) is 10.8 Å². The second-order valence-electron chi connectivity index (χ2n) is 6.17. The summed E-state index contributed by atoms with van der Waals surface area (Å²) in [6.45, 7) is 3.22. The normalized spacial score (nSPS) is 12.7. The van der Waals surface area contributed by atoms with Crippen molar-refractivity contribution in [3.8, 4) is 0 Å². The molecule has 30 heavy (non-hydrogen) atoms. The summed E-state index contributed by atoms with van der Waals surface area (Å²) in [6, 6.07) is 3.80. The van der Waals surface area contributed by atoms with Crippen LogP contribution in [0.25, 0.3) is 0 Å². The largest absolute Gasteiger partial charge is 0.462 e. The van der Waals surface area contributed by atoms with Gasteiger partial charge in [0.1, 0.15) is 10.4 Å². The van der Waals surface area contributed by atoms with Crippen LogP contribution in [0, 0.1) is 17.0 Å². The van der Waals surface area contributed by atoms with E-state index in [1.165, 1.54) is 12.1 Å². The van der Waals surface area contributed by atoms with Crippen LogP contribution in [-0.4, -0.2) is 51.6 Å². The molecule has 1 aliphatic rings.